The fourth-order valence-electron chi connectivity index (χ4n) is 4.02. The summed E-state index contributed by atoms with van der Waals surface area (Å²) in [5, 5.41) is 3.75. The zero-order chi connectivity index (χ0) is 20.4. The van der Waals surface area contributed by atoms with Crippen LogP contribution in [0.3, 0.4) is 0 Å². The van der Waals surface area contributed by atoms with Gasteiger partial charge in [-0.15, -0.1) is 0 Å². The molecule has 0 radical (unpaired) electrons. The SMILES string of the molecule is COc1ccc(C2=NC(c3ccccc3)(c3ccccc3)Nc3ccccc32)cc1. The van der Waals surface area contributed by atoms with Crippen LogP contribution in [0.15, 0.2) is 114 Å². The van der Waals surface area contributed by atoms with Gasteiger partial charge in [0.15, 0.2) is 5.66 Å². The van der Waals surface area contributed by atoms with Crippen molar-refractivity contribution in [1.29, 1.82) is 0 Å². The predicted octanol–water partition coefficient (Wildman–Crippen LogP) is 5.86. The van der Waals surface area contributed by atoms with Gasteiger partial charge >= 0.3 is 0 Å². The van der Waals surface area contributed by atoms with E-state index in [2.05, 4.69) is 90.2 Å². The molecular formula is C27H22N2O. The number of ether oxygens (including phenoxy) is 1. The highest BCUT2D eigenvalue weighted by Crippen LogP contribution is 2.41. The first-order valence-electron chi connectivity index (χ1n) is 10.0. The molecule has 0 bridgehead atoms. The van der Waals surface area contributed by atoms with E-state index in [-0.39, 0.29) is 0 Å². The largest absolute Gasteiger partial charge is 0.497 e. The molecule has 1 heterocycles. The van der Waals surface area contributed by atoms with Crippen molar-refractivity contribution >= 4 is 11.4 Å². The van der Waals surface area contributed by atoms with E-state index in [9.17, 15) is 0 Å². The van der Waals surface area contributed by atoms with E-state index in [1.54, 1.807) is 7.11 Å². The topological polar surface area (TPSA) is 33.6 Å². The molecule has 0 unspecified atom stereocenters. The summed E-state index contributed by atoms with van der Waals surface area (Å²) in [5.41, 5.74) is 5.64. The zero-order valence-corrected chi connectivity index (χ0v) is 16.7. The number of nitrogens with one attached hydrogen (secondary N) is 1. The molecule has 0 aliphatic carbocycles. The third-order valence-electron chi connectivity index (χ3n) is 5.52. The Morgan fingerprint density at radius 1 is 0.667 bits per heavy atom. The monoisotopic (exact) mass is 390 g/mol. The van der Waals surface area contributed by atoms with Crippen molar-refractivity contribution in [2.24, 2.45) is 4.99 Å². The number of fused-ring (bicyclic) bond motifs is 1. The molecule has 5 rings (SSSR count). The molecule has 3 heteroatoms. The van der Waals surface area contributed by atoms with Crippen LogP contribution in [0.2, 0.25) is 0 Å². The highest BCUT2D eigenvalue weighted by molar-refractivity contribution is 6.17. The molecule has 3 nitrogen and oxygen atoms in total. The summed E-state index contributed by atoms with van der Waals surface area (Å²) in [7, 11) is 1.68. The summed E-state index contributed by atoms with van der Waals surface area (Å²) in [5.74, 6) is 0.832. The quantitative estimate of drug-likeness (QED) is 0.473. The van der Waals surface area contributed by atoms with Crippen LogP contribution in [0, 0.1) is 0 Å². The van der Waals surface area contributed by atoms with E-state index in [4.69, 9.17) is 9.73 Å². The van der Waals surface area contributed by atoms with Crippen LogP contribution >= 0.6 is 0 Å². The standard InChI is InChI=1S/C27H22N2O/c1-30-23-18-16-20(17-19-23)26-24-14-8-9-15-25(24)28-27(29-26,21-10-4-2-5-11-21)22-12-6-3-7-13-22/h2-19,28H,1H3. The minimum absolute atomic E-state index is 0.716. The normalized spacial score (nSPS) is 14.2. The fraction of sp³-hybridized carbons (Fsp3) is 0.0741. The van der Waals surface area contributed by atoms with Gasteiger partial charge in [-0.05, 0) is 30.3 Å². The third-order valence-corrected chi connectivity index (χ3v) is 5.52. The summed E-state index contributed by atoms with van der Waals surface area (Å²) in [6.45, 7) is 0. The van der Waals surface area contributed by atoms with Gasteiger partial charge in [-0.2, -0.15) is 0 Å². The molecule has 4 aromatic carbocycles. The van der Waals surface area contributed by atoms with Crippen LogP contribution in [-0.4, -0.2) is 12.8 Å². The van der Waals surface area contributed by atoms with Gasteiger partial charge in [-0.1, -0.05) is 78.9 Å². The van der Waals surface area contributed by atoms with Crippen LogP contribution in [0.5, 0.6) is 5.75 Å². The summed E-state index contributed by atoms with van der Waals surface area (Å²) in [4.78, 5) is 5.39. The molecule has 4 aromatic rings. The number of anilines is 1. The van der Waals surface area contributed by atoms with Gasteiger partial charge in [-0.25, -0.2) is 4.99 Å². The van der Waals surface area contributed by atoms with Crippen LogP contribution in [0.1, 0.15) is 22.3 Å². The van der Waals surface area contributed by atoms with Gasteiger partial charge in [0, 0.05) is 27.9 Å². The van der Waals surface area contributed by atoms with Gasteiger partial charge in [0.2, 0.25) is 0 Å². The Kier molecular flexibility index (Phi) is 4.56. The van der Waals surface area contributed by atoms with Gasteiger partial charge < -0.3 is 10.1 Å². The van der Waals surface area contributed by atoms with E-state index >= 15 is 0 Å². The average Bonchev–Trinajstić information content (AvgIpc) is 2.84. The maximum Gasteiger partial charge on any atom is 0.182 e. The van der Waals surface area contributed by atoms with Gasteiger partial charge in [-0.3, -0.25) is 0 Å². The van der Waals surface area contributed by atoms with E-state index in [1.165, 1.54) is 0 Å². The minimum atomic E-state index is -0.716. The molecule has 146 valence electrons. The first-order chi connectivity index (χ1) is 14.8. The zero-order valence-electron chi connectivity index (χ0n) is 16.7. The summed E-state index contributed by atoms with van der Waals surface area (Å²) >= 11 is 0. The smallest absolute Gasteiger partial charge is 0.182 e. The highest BCUT2D eigenvalue weighted by Gasteiger charge is 2.38. The summed E-state index contributed by atoms with van der Waals surface area (Å²) < 4.78 is 5.35. The van der Waals surface area contributed by atoms with Crippen molar-refractivity contribution in [1.82, 2.24) is 0 Å². The number of rotatable bonds is 4. The van der Waals surface area contributed by atoms with E-state index in [1.807, 2.05) is 24.3 Å². The first kappa shape index (κ1) is 18.2. The van der Waals surface area contributed by atoms with Gasteiger partial charge in [0.05, 0.1) is 12.8 Å². The molecule has 1 N–H and O–H groups in total. The number of methoxy groups -OCH3 is 1. The van der Waals surface area contributed by atoms with Crippen LogP contribution in [0.25, 0.3) is 0 Å². The highest BCUT2D eigenvalue weighted by atomic mass is 16.5. The lowest BCUT2D eigenvalue weighted by Gasteiger charge is -2.38. The number of para-hydroxylation sites is 1. The van der Waals surface area contributed by atoms with Crippen molar-refractivity contribution in [2.45, 2.75) is 5.66 Å². The minimum Gasteiger partial charge on any atom is -0.497 e. The fourth-order valence-corrected chi connectivity index (χ4v) is 4.02. The van der Waals surface area contributed by atoms with Crippen LogP contribution in [-0.2, 0) is 5.66 Å². The predicted molar refractivity (Wildman–Crippen MR) is 122 cm³/mol. The third kappa shape index (κ3) is 3.05. The van der Waals surface area contributed by atoms with Gasteiger partial charge in [0.1, 0.15) is 5.75 Å². The van der Waals surface area contributed by atoms with E-state index in [0.29, 0.717) is 0 Å². The first-order valence-corrected chi connectivity index (χ1v) is 10.0. The Morgan fingerprint density at radius 2 is 1.23 bits per heavy atom. The summed E-state index contributed by atoms with van der Waals surface area (Å²) in [6, 6.07) is 37.3. The summed E-state index contributed by atoms with van der Waals surface area (Å²) in [6.07, 6.45) is 0. The lowest BCUT2D eigenvalue weighted by atomic mass is 9.87. The van der Waals surface area contributed by atoms with Crippen LogP contribution < -0.4 is 10.1 Å². The molecule has 0 aromatic heterocycles. The Hall–Kier alpha value is -3.85. The maximum atomic E-state index is 5.39. The average molecular weight is 390 g/mol. The van der Waals surface area contributed by atoms with E-state index < -0.39 is 5.66 Å². The van der Waals surface area contributed by atoms with Crippen molar-refractivity contribution in [3.63, 3.8) is 0 Å². The second-order valence-electron chi connectivity index (χ2n) is 7.30. The maximum absolute atomic E-state index is 5.39. The second-order valence-corrected chi connectivity index (χ2v) is 7.30. The second kappa shape index (κ2) is 7.53. The lowest BCUT2D eigenvalue weighted by Crippen LogP contribution is -2.39. The number of hydrogen-bond acceptors (Lipinski definition) is 3. The number of benzene rings is 4. The number of nitrogens with zero attached hydrogens (tertiary/aromatic N) is 1. The molecule has 0 fully saturated rings. The van der Waals surface area contributed by atoms with Crippen LogP contribution in [0.4, 0.5) is 5.69 Å². The van der Waals surface area contributed by atoms with Gasteiger partial charge in [0.25, 0.3) is 0 Å². The number of hydrogen-bond donors (Lipinski definition) is 1. The van der Waals surface area contributed by atoms with Crippen molar-refractivity contribution in [3.05, 3.63) is 131 Å². The molecule has 0 amide bonds. The Morgan fingerprint density at radius 3 is 1.83 bits per heavy atom. The lowest BCUT2D eigenvalue weighted by molar-refractivity contribution is 0.415. The van der Waals surface area contributed by atoms with E-state index in [0.717, 1.165) is 39.4 Å². The molecule has 0 saturated carbocycles. The number of aliphatic imine (C=N–C) groups is 1. The molecule has 0 spiro atoms. The Bertz CT molecular complexity index is 1140. The molecule has 0 atom stereocenters. The van der Waals surface area contributed by atoms with Crippen molar-refractivity contribution < 1.29 is 4.74 Å². The molecule has 30 heavy (non-hydrogen) atoms. The Labute approximate surface area is 176 Å². The van der Waals surface area contributed by atoms with Crippen molar-refractivity contribution in [2.75, 3.05) is 12.4 Å². The molecular weight excluding hydrogens is 368 g/mol. The molecule has 0 saturated heterocycles. The molecule has 1 aliphatic rings. The van der Waals surface area contributed by atoms with Crippen molar-refractivity contribution in [3.8, 4) is 5.75 Å². The molecule has 1 aliphatic heterocycles. The Balaban J connectivity index is 1.79.